The first kappa shape index (κ1) is 17.3. The molecular weight excluding hydrogens is 342 g/mol. The molecule has 27 heavy (non-hydrogen) atoms. The number of phenols is 2. The van der Waals surface area contributed by atoms with Gasteiger partial charge in [0.1, 0.15) is 17.3 Å². The van der Waals surface area contributed by atoms with Crippen molar-refractivity contribution >= 4 is 0 Å². The smallest absolute Gasteiger partial charge is 0.254 e. The first-order chi connectivity index (χ1) is 13.0. The van der Waals surface area contributed by atoms with E-state index in [1.165, 1.54) is 6.07 Å². The van der Waals surface area contributed by atoms with Gasteiger partial charge in [0.15, 0.2) is 0 Å². The van der Waals surface area contributed by atoms with Crippen molar-refractivity contribution in [2.24, 2.45) is 0 Å². The zero-order chi connectivity index (χ0) is 19.0. The summed E-state index contributed by atoms with van der Waals surface area (Å²) in [6.45, 7) is 3.80. The molecule has 6 nitrogen and oxygen atoms in total. The number of phenolic OH excluding ortho intramolecular Hbond substituents is 2. The summed E-state index contributed by atoms with van der Waals surface area (Å²) in [6.07, 6.45) is 0.616. The third kappa shape index (κ3) is 3.57. The van der Waals surface area contributed by atoms with E-state index in [1.54, 1.807) is 12.1 Å². The van der Waals surface area contributed by atoms with Crippen LogP contribution in [0.2, 0.25) is 0 Å². The van der Waals surface area contributed by atoms with E-state index < -0.39 is 0 Å². The van der Waals surface area contributed by atoms with Gasteiger partial charge in [-0.25, -0.2) is 4.98 Å². The molecule has 0 unspecified atom stereocenters. The zero-order valence-electron chi connectivity index (χ0n) is 15.1. The molecule has 3 aromatic rings. The summed E-state index contributed by atoms with van der Waals surface area (Å²) in [4.78, 5) is 22.2. The van der Waals surface area contributed by atoms with Gasteiger partial charge in [-0.15, -0.1) is 0 Å². The van der Waals surface area contributed by atoms with Crippen LogP contribution in [0.4, 0.5) is 0 Å². The van der Waals surface area contributed by atoms with Gasteiger partial charge in [0, 0.05) is 42.4 Å². The number of aryl methyl sites for hydroxylation is 1. The van der Waals surface area contributed by atoms with Gasteiger partial charge < -0.3 is 15.2 Å². The van der Waals surface area contributed by atoms with Gasteiger partial charge in [0.05, 0.1) is 5.69 Å². The lowest BCUT2D eigenvalue weighted by atomic mass is 10.0. The molecule has 4 rings (SSSR count). The fourth-order valence-electron chi connectivity index (χ4n) is 3.40. The highest BCUT2D eigenvalue weighted by atomic mass is 16.3. The van der Waals surface area contributed by atoms with Crippen molar-refractivity contribution in [2.75, 3.05) is 6.54 Å². The number of aromatic amines is 1. The summed E-state index contributed by atoms with van der Waals surface area (Å²) in [5, 5.41) is 19.5. The number of fused-ring (bicyclic) bond motifs is 1. The van der Waals surface area contributed by atoms with Crippen LogP contribution in [0.25, 0.3) is 11.4 Å². The van der Waals surface area contributed by atoms with Crippen LogP contribution < -0.4 is 5.56 Å². The maximum atomic E-state index is 12.5. The molecule has 1 aliphatic heterocycles. The fourth-order valence-corrected chi connectivity index (χ4v) is 3.40. The van der Waals surface area contributed by atoms with E-state index in [2.05, 4.69) is 9.88 Å². The second kappa shape index (κ2) is 6.89. The Labute approximate surface area is 156 Å². The fraction of sp³-hybridized carbons (Fsp3) is 0.238. The van der Waals surface area contributed by atoms with Gasteiger partial charge in [-0.1, -0.05) is 35.9 Å². The molecule has 2 heterocycles. The highest BCUT2D eigenvalue weighted by Gasteiger charge is 2.22. The van der Waals surface area contributed by atoms with Crippen molar-refractivity contribution in [1.29, 1.82) is 0 Å². The van der Waals surface area contributed by atoms with E-state index in [4.69, 9.17) is 4.98 Å². The number of rotatable bonds is 3. The topological polar surface area (TPSA) is 89.5 Å². The van der Waals surface area contributed by atoms with E-state index in [9.17, 15) is 15.0 Å². The van der Waals surface area contributed by atoms with Crippen LogP contribution >= 0.6 is 0 Å². The van der Waals surface area contributed by atoms with Gasteiger partial charge >= 0.3 is 0 Å². The van der Waals surface area contributed by atoms with Crippen molar-refractivity contribution in [2.45, 2.75) is 26.4 Å². The number of nitrogens with zero attached hydrogens (tertiary/aromatic N) is 2. The van der Waals surface area contributed by atoms with Gasteiger partial charge in [0.25, 0.3) is 5.56 Å². The van der Waals surface area contributed by atoms with Crippen molar-refractivity contribution < 1.29 is 10.2 Å². The third-order valence-electron chi connectivity index (χ3n) is 4.94. The molecule has 0 aliphatic carbocycles. The largest absolute Gasteiger partial charge is 0.508 e. The van der Waals surface area contributed by atoms with Gasteiger partial charge in [-0.2, -0.15) is 0 Å². The Balaban J connectivity index is 1.61. The molecule has 0 saturated heterocycles. The Morgan fingerprint density at radius 1 is 1.15 bits per heavy atom. The van der Waals surface area contributed by atoms with Gasteiger partial charge in [-0.05, 0) is 19.4 Å². The molecule has 0 fully saturated rings. The summed E-state index contributed by atoms with van der Waals surface area (Å²) in [5.41, 5.74) is 4.20. The van der Waals surface area contributed by atoms with Crippen LogP contribution in [-0.2, 0) is 19.5 Å². The summed E-state index contributed by atoms with van der Waals surface area (Å²) in [6, 6.07) is 12.5. The maximum Gasteiger partial charge on any atom is 0.254 e. The quantitative estimate of drug-likeness (QED) is 0.666. The van der Waals surface area contributed by atoms with Gasteiger partial charge in [0.2, 0.25) is 0 Å². The minimum atomic E-state index is -0.0808. The summed E-state index contributed by atoms with van der Waals surface area (Å²) < 4.78 is 0. The van der Waals surface area contributed by atoms with Crippen molar-refractivity contribution in [1.82, 2.24) is 14.9 Å². The first-order valence-corrected chi connectivity index (χ1v) is 8.92. The minimum absolute atomic E-state index is 0.0381. The lowest BCUT2D eigenvalue weighted by Gasteiger charge is -2.28. The first-order valence-electron chi connectivity index (χ1n) is 8.92. The van der Waals surface area contributed by atoms with E-state index in [0.29, 0.717) is 31.9 Å². The number of aromatic hydroxyl groups is 2. The predicted molar refractivity (Wildman–Crippen MR) is 103 cm³/mol. The van der Waals surface area contributed by atoms with Crippen LogP contribution in [0, 0.1) is 6.92 Å². The molecular formula is C21H21N3O3. The number of H-pyrrole nitrogens is 1. The van der Waals surface area contributed by atoms with E-state index in [0.717, 1.165) is 27.9 Å². The Bertz CT molecular complexity index is 1040. The zero-order valence-corrected chi connectivity index (χ0v) is 15.1. The Hall–Kier alpha value is -3.12. The van der Waals surface area contributed by atoms with E-state index in [1.807, 2.05) is 31.2 Å². The lowest BCUT2D eigenvalue weighted by Crippen LogP contribution is -2.35. The Morgan fingerprint density at radius 3 is 2.67 bits per heavy atom. The Morgan fingerprint density at radius 2 is 1.93 bits per heavy atom. The van der Waals surface area contributed by atoms with E-state index in [-0.39, 0.29) is 17.1 Å². The molecule has 138 valence electrons. The lowest BCUT2D eigenvalue weighted by molar-refractivity contribution is 0.237. The molecule has 0 radical (unpaired) electrons. The standard InChI is InChI=1S/C21H21N3O3/c1-13-2-4-14(5-3-13)20-22-18-12-24(9-8-17(18)21(27)23-20)11-15-6-7-16(25)10-19(15)26/h2-7,10,25-26H,8-9,11-12H2,1H3,(H,22,23,27). The molecule has 0 atom stereocenters. The molecule has 0 spiro atoms. The number of hydrogen-bond acceptors (Lipinski definition) is 5. The van der Waals surface area contributed by atoms with Crippen LogP contribution in [0.15, 0.2) is 47.3 Å². The molecule has 0 bridgehead atoms. The number of aromatic nitrogens is 2. The molecule has 0 saturated carbocycles. The number of nitrogens with one attached hydrogen (secondary N) is 1. The summed E-state index contributed by atoms with van der Waals surface area (Å²) in [7, 11) is 0. The predicted octanol–water partition coefficient (Wildman–Crippen LogP) is 2.71. The molecule has 2 aromatic carbocycles. The summed E-state index contributed by atoms with van der Waals surface area (Å²) in [5.74, 6) is 0.685. The monoisotopic (exact) mass is 363 g/mol. The van der Waals surface area contributed by atoms with Crippen molar-refractivity contribution in [3.8, 4) is 22.9 Å². The molecule has 6 heteroatoms. The third-order valence-corrected chi connectivity index (χ3v) is 4.94. The van der Waals surface area contributed by atoms with Crippen molar-refractivity contribution in [3.63, 3.8) is 0 Å². The summed E-state index contributed by atoms with van der Waals surface area (Å²) >= 11 is 0. The number of hydrogen-bond donors (Lipinski definition) is 3. The van der Waals surface area contributed by atoms with Gasteiger partial charge in [-0.3, -0.25) is 9.69 Å². The molecule has 1 aromatic heterocycles. The second-order valence-electron chi connectivity index (χ2n) is 6.98. The highest BCUT2D eigenvalue weighted by Crippen LogP contribution is 2.26. The minimum Gasteiger partial charge on any atom is -0.508 e. The van der Waals surface area contributed by atoms with Crippen LogP contribution in [-0.4, -0.2) is 31.6 Å². The van der Waals surface area contributed by atoms with Crippen LogP contribution in [0.5, 0.6) is 11.5 Å². The number of benzene rings is 2. The van der Waals surface area contributed by atoms with Crippen LogP contribution in [0.3, 0.4) is 0 Å². The molecule has 3 N–H and O–H groups in total. The SMILES string of the molecule is Cc1ccc(-c2nc3c(c(=O)[nH]2)CCN(Cc2ccc(O)cc2O)C3)cc1. The molecule has 1 aliphatic rings. The van der Waals surface area contributed by atoms with Crippen LogP contribution in [0.1, 0.15) is 22.4 Å². The maximum absolute atomic E-state index is 12.5. The average molecular weight is 363 g/mol. The highest BCUT2D eigenvalue weighted by molar-refractivity contribution is 5.55. The molecule has 0 amide bonds. The average Bonchev–Trinajstić information content (AvgIpc) is 2.64. The second-order valence-corrected chi connectivity index (χ2v) is 6.98. The Kier molecular flexibility index (Phi) is 4.41. The van der Waals surface area contributed by atoms with E-state index >= 15 is 0 Å². The van der Waals surface area contributed by atoms with Crippen molar-refractivity contribution in [3.05, 3.63) is 75.2 Å². The normalized spacial score (nSPS) is 14.1.